The number of nitrogens with two attached hydrogens (primary N) is 1. The molecule has 50 valence electrons. The van der Waals surface area contributed by atoms with Crippen LogP contribution in [-0.2, 0) is 4.79 Å². The number of hydrogen-bond donors (Lipinski definition) is 2. The van der Waals surface area contributed by atoms with Gasteiger partial charge < -0.3 is 10.8 Å². The molecule has 0 amide bonds. The zero-order valence-corrected chi connectivity index (χ0v) is 4.05. The minimum atomic E-state index is -0.773. The Bertz CT molecular complexity index is 63.4. The number of rotatable bonds is 3. The van der Waals surface area contributed by atoms with E-state index in [4.69, 9.17) is 10.8 Å². The summed E-state index contributed by atoms with van der Waals surface area (Å²) in [6.07, 6.45) is 0.770. The average molecular weight is 119 g/mol. The molecule has 3 heteroatoms. The lowest BCUT2D eigenvalue weighted by Crippen LogP contribution is -2.02. The third-order valence-electron chi connectivity index (χ3n) is 0.595. The van der Waals surface area contributed by atoms with Gasteiger partial charge >= 0.3 is 5.97 Å². The molecule has 0 saturated carbocycles. The molecule has 0 aromatic carbocycles. The molecule has 0 spiro atoms. The van der Waals surface area contributed by atoms with Crippen molar-refractivity contribution in [1.82, 2.24) is 0 Å². The molecule has 0 aromatic heterocycles. The summed E-state index contributed by atoms with van der Waals surface area (Å²) in [7, 11) is 0. The standard InChI is InChI=1S/C4H9NO2.CH4/c5-3-1-2-4(6)7;/h1-3,5H2,(H,6,7);1H4. The van der Waals surface area contributed by atoms with E-state index in [-0.39, 0.29) is 13.8 Å². The van der Waals surface area contributed by atoms with Gasteiger partial charge in [0.15, 0.2) is 0 Å². The summed E-state index contributed by atoms with van der Waals surface area (Å²) in [6, 6.07) is 0. The first kappa shape index (κ1) is 10.4. The van der Waals surface area contributed by atoms with Crippen molar-refractivity contribution in [3.63, 3.8) is 0 Å². The highest BCUT2D eigenvalue weighted by Crippen LogP contribution is 1.82. The van der Waals surface area contributed by atoms with E-state index in [0.717, 1.165) is 0 Å². The molecule has 0 aliphatic rings. The van der Waals surface area contributed by atoms with Gasteiger partial charge in [-0.3, -0.25) is 4.79 Å². The van der Waals surface area contributed by atoms with E-state index in [2.05, 4.69) is 0 Å². The van der Waals surface area contributed by atoms with Crippen LogP contribution in [0.2, 0.25) is 0 Å². The SMILES string of the molecule is C.NCCCC(=O)O. The molecule has 0 aliphatic carbocycles. The first-order valence-electron chi connectivity index (χ1n) is 2.19. The van der Waals surface area contributed by atoms with Gasteiger partial charge in [0.2, 0.25) is 0 Å². The fourth-order valence-electron chi connectivity index (χ4n) is 0.253. The summed E-state index contributed by atoms with van der Waals surface area (Å²) in [5.41, 5.74) is 5.01. The molecule has 0 aliphatic heterocycles. The molecule has 0 unspecified atom stereocenters. The highest BCUT2D eigenvalue weighted by atomic mass is 16.4. The Morgan fingerprint density at radius 1 is 1.62 bits per heavy atom. The van der Waals surface area contributed by atoms with E-state index < -0.39 is 5.97 Å². The summed E-state index contributed by atoms with van der Waals surface area (Å²) in [4.78, 5) is 9.70. The summed E-state index contributed by atoms with van der Waals surface area (Å²) < 4.78 is 0. The van der Waals surface area contributed by atoms with Gasteiger partial charge in [0.05, 0.1) is 0 Å². The lowest BCUT2D eigenvalue weighted by atomic mass is 10.3. The predicted molar refractivity (Wildman–Crippen MR) is 32.7 cm³/mol. The minimum Gasteiger partial charge on any atom is -0.481 e. The Morgan fingerprint density at radius 2 is 2.12 bits per heavy atom. The average Bonchev–Trinajstić information content (AvgIpc) is 1.61. The summed E-state index contributed by atoms with van der Waals surface area (Å²) >= 11 is 0. The normalized spacial score (nSPS) is 7.62. The number of carboxylic acid groups (broad SMARTS) is 1. The lowest BCUT2D eigenvalue weighted by molar-refractivity contribution is -0.137. The van der Waals surface area contributed by atoms with Gasteiger partial charge in [-0.1, -0.05) is 7.43 Å². The zero-order chi connectivity index (χ0) is 5.70. The van der Waals surface area contributed by atoms with E-state index in [1.54, 1.807) is 0 Å². The fourth-order valence-corrected chi connectivity index (χ4v) is 0.253. The number of carbonyl (C=O) groups is 1. The van der Waals surface area contributed by atoms with Gasteiger partial charge in [-0.25, -0.2) is 0 Å². The van der Waals surface area contributed by atoms with Crippen molar-refractivity contribution in [2.24, 2.45) is 5.73 Å². The van der Waals surface area contributed by atoms with Crippen LogP contribution >= 0.6 is 0 Å². The van der Waals surface area contributed by atoms with Crippen LogP contribution < -0.4 is 5.73 Å². The summed E-state index contributed by atoms with van der Waals surface area (Å²) in [5.74, 6) is -0.773. The Balaban J connectivity index is 0. The van der Waals surface area contributed by atoms with Gasteiger partial charge in [0.25, 0.3) is 0 Å². The van der Waals surface area contributed by atoms with Crippen LogP contribution in [-0.4, -0.2) is 17.6 Å². The van der Waals surface area contributed by atoms with Crippen LogP contribution in [0.25, 0.3) is 0 Å². The van der Waals surface area contributed by atoms with Crippen LogP contribution in [0.1, 0.15) is 20.3 Å². The third kappa shape index (κ3) is 9.06. The van der Waals surface area contributed by atoms with Gasteiger partial charge in [0.1, 0.15) is 0 Å². The second-order valence-corrected chi connectivity index (χ2v) is 1.29. The van der Waals surface area contributed by atoms with Crippen molar-refractivity contribution in [3.8, 4) is 0 Å². The van der Waals surface area contributed by atoms with Crippen LogP contribution in [0.5, 0.6) is 0 Å². The number of carboxylic acids is 1. The molecule has 0 fully saturated rings. The molecule has 0 heterocycles. The van der Waals surface area contributed by atoms with Crippen molar-refractivity contribution < 1.29 is 9.90 Å². The quantitative estimate of drug-likeness (QED) is 0.566. The smallest absolute Gasteiger partial charge is 0.303 e. The highest BCUT2D eigenvalue weighted by molar-refractivity contribution is 5.66. The van der Waals surface area contributed by atoms with E-state index in [9.17, 15) is 4.79 Å². The van der Waals surface area contributed by atoms with Crippen LogP contribution in [0, 0.1) is 0 Å². The topological polar surface area (TPSA) is 63.3 Å². The zero-order valence-electron chi connectivity index (χ0n) is 4.05. The van der Waals surface area contributed by atoms with Gasteiger partial charge in [-0.15, -0.1) is 0 Å². The van der Waals surface area contributed by atoms with E-state index in [1.165, 1.54) is 0 Å². The second kappa shape index (κ2) is 6.43. The Labute approximate surface area is 49.5 Å². The molecular weight excluding hydrogens is 106 g/mol. The first-order chi connectivity index (χ1) is 3.27. The van der Waals surface area contributed by atoms with Crippen LogP contribution in [0.3, 0.4) is 0 Å². The van der Waals surface area contributed by atoms with Crippen LogP contribution in [0.15, 0.2) is 0 Å². The number of hydrogen-bond acceptors (Lipinski definition) is 2. The fraction of sp³-hybridized carbons (Fsp3) is 0.800. The molecule has 0 rings (SSSR count). The third-order valence-corrected chi connectivity index (χ3v) is 0.595. The van der Waals surface area contributed by atoms with Crippen molar-refractivity contribution in [2.45, 2.75) is 20.3 Å². The monoisotopic (exact) mass is 119 g/mol. The molecule has 0 saturated heterocycles. The van der Waals surface area contributed by atoms with Crippen molar-refractivity contribution in [3.05, 3.63) is 0 Å². The molecule has 0 bridgehead atoms. The summed E-state index contributed by atoms with van der Waals surface area (Å²) in [6.45, 7) is 0.465. The molecule has 3 nitrogen and oxygen atoms in total. The lowest BCUT2D eigenvalue weighted by Gasteiger charge is -1.86. The Hall–Kier alpha value is -0.570. The predicted octanol–water partition coefficient (Wildman–Crippen LogP) is 0.446. The maximum atomic E-state index is 9.70. The molecule has 0 radical (unpaired) electrons. The largest absolute Gasteiger partial charge is 0.481 e. The minimum absolute atomic E-state index is 0. The Kier molecular flexibility index (Phi) is 8.37. The molecule has 0 aromatic rings. The van der Waals surface area contributed by atoms with E-state index >= 15 is 0 Å². The maximum absolute atomic E-state index is 9.70. The van der Waals surface area contributed by atoms with E-state index in [0.29, 0.717) is 13.0 Å². The molecule has 8 heavy (non-hydrogen) atoms. The molecular formula is C5H13NO2. The van der Waals surface area contributed by atoms with Gasteiger partial charge in [-0.05, 0) is 13.0 Å². The maximum Gasteiger partial charge on any atom is 0.303 e. The van der Waals surface area contributed by atoms with Crippen LogP contribution in [0.4, 0.5) is 0 Å². The van der Waals surface area contributed by atoms with Crippen molar-refractivity contribution in [1.29, 1.82) is 0 Å². The van der Waals surface area contributed by atoms with Gasteiger partial charge in [0, 0.05) is 6.42 Å². The molecule has 0 atom stereocenters. The summed E-state index contributed by atoms with van der Waals surface area (Å²) in [5, 5.41) is 7.99. The van der Waals surface area contributed by atoms with Crippen molar-refractivity contribution >= 4 is 5.97 Å². The first-order valence-corrected chi connectivity index (χ1v) is 2.19. The van der Waals surface area contributed by atoms with Gasteiger partial charge in [-0.2, -0.15) is 0 Å². The number of aliphatic carboxylic acids is 1. The van der Waals surface area contributed by atoms with E-state index in [1.807, 2.05) is 0 Å². The second-order valence-electron chi connectivity index (χ2n) is 1.29. The Morgan fingerprint density at radius 3 is 2.25 bits per heavy atom. The van der Waals surface area contributed by atoms with Crippen molar-refractivity contribution in [2.75, 3.05) is 6.54 Å². The molecule has 3 N–H and O–H groups in total. The highest BCUT2D eigenvalue weighted by Gasteiger charge is 1.91.